The Balaban J connectivity index is 2.12. The third kappa shape index (κ3) is 2.99. The zero-order valence-corrected chi connectivity index (χ0v) is 10.8. The third-order valence-electron chi connectivity index (χ3n) is 2.98. The first-order chi connectivity index (χ1) is 8.12. The molecule has 1 aromatic rings. The molecule has 1 unspecified atom stereocenters. The lowest BCUT2D eigenvalue weighted by atomic mass is 10.0. The molecule has 1 saturated heterocycles. The second kappa shape index (κ2) is 5.07. The van der Waals surface area contributed by atoms with Crippen LogP contribution in [0, 0.1) is 0 Å². The number of hydrogen-bond donors (Lipinski definition) is 1. The SMILES string of the molecule is CCOc1ccccc1C1CNC(C)(C)CO1. The van der Waals surface area contributed by atoms with Crippen LogP contribution in [0.3, 0.4) is 0 Å². The summed E-state index contributed by atoms with van der Waals surface area (Å²) in [6, 6.07) is 8.10. The summed E-state index contributed by atoms with van der Waals surface area (Å²) in [4.78, 5) is 0. The van der Waals surface area contributed by atoms with Crippen molar-refractivity contribution in [3.05, 3.63) is 29.8 Å². The smallest absolute Gasteiger partial charge is 0.125 e. The highest BCUT2D eigenvalue weighted by atomic mass is 16.5. The summed E-state index contributed by atoms with van der Waals surface area (Å²) >= 11 is 0. The molecule has 3 heteroatoms. The van der Waals surface area contributed by atoms with E-state index in [9.17, 15) is 0 Å². The van der Waals surface area contributed by atoms with E-state index in [1.54, 1.807) is 0 Å². The fourth-order valence-corrected chi connectivity index (χ4v) is 2.02. The molecule has 1 aliphatic heterocycles. The molecule has 1 atom stereocenters. The largest absolute Gasteiger partial charge is 0.493 e. The van der Waals surface area contributed by atoms with Crippen molar-refractivity contribution in [2.75, 3.05) is 19.8 Å². The van der Waals surface area contributed by atoms with Crippen LogP contribution < -0.4 is 10.1 Å². The highest BCUT2D eigenvalue weighted by Crippen LogP contribution is 2.30. The van der Waals surface area contributed by atoms with Crippen LogP contribution in [0.5, 0.6) is 5.75 Å². The molecular weight excluding hydrogens is 214 g/mol. The van der Waals surface area contributed by atoms with E-state index in [0.717, 1.165) is 24.5 Å². The van der Waals surface area contributed by atoms with Gasteiger partial charge in [0.15, 0.2) is 0 Å². The number of benzene rings is 1. The molecule has 0 spiro atoms. The lowest BCUT2D eigenvalue weighted by Crippen LogP contribution is -2.50. The fourth-order valence-electron chi connectivity index (χ4n) is 2.02. The van der Waals surface area contributed by atoms with Crippen LogP contribution in [-0.4, -0.2) is 25.3 Å². The van der Waals surface area contributed by atoms with Gasteiger partial charge in [0.1, 0.15) is 5.75 Å². The zero-order valence-electron chi connectivity index (χ0n) is 10.8. The van der Waals surface area contributed by atoms with Crippen molar-refractivity contribution in [3.8, 4) is 5.75 Å². The van der Waals surface area contributed by atoms with Crippen LogP contribution in [0.4, 0.5) is 0 Å². The molecule has 17 heavy (non-hydrogen) atoms. The number of rotatable bonds is 3. The van der Waals surface area contributed by atoms with E-state index in [2.05, 4.69) is 25.2 Å². The van der Waals surface area contributed by atoms with Gasteiger partial charge in [0.2, 0.25) is 0 Å². The summed E-state index contributed by atoms with van der Waals surface area (Å²) in [5.41, 5.74) is 1.20. The van der Waals surface area contributed by atoms with Crippen molar-refractivity contribution in [2.24, 2.45) is 0 Å². The Labute approximate surface area is 103 Å². The van der Waals surface area contributed by atoms with Crippen molar-refractivity contribution in [2.45, 2.75) is 32.4 Å². The molecule has 0 amide bonds. The third-order valence-corrected chi connectivity index (χ3v) is 2.98. The van der Waals surface area contributed by atoms with Crippen LogP contribution in [0.2, 0.25) is 0 Å². The normalized spacial score (nSPS) is 23.4. The monoisotopic (exact) mass is 235 g/mol. The Morgan fingerprint density at radius 2 is 2.18 bits per heavy atom. The topological polar surface area (TPSA) is 30.5 Å². The molecule has 0 saturated carbocycles. The van der Waals surface area contributed by atoms with Crippen molar-refractivity contribution >= 4 is 0 Å². The molecule has 0 aliphatic carbocycles. The Bertz CT molecular complexity index is 366. The number of nitrogens with one attached hydrogen (secondary N) is 1. The molecular formula is C14H21NO2. The lowest BCUT2D eigenvalue weighted by molar-refractivity contribution is -0.0240. The summed E-state index contributed by atoms with van der Waals surface area (Å²) in [5.74, 6) is 0.932. The second-order valence-electron chi connectivity index (χ2n) is 5.04. The maximum absolute atomic E-state index is 5.92. The highest BCUT2D eigenvalue weighted by molar-refractivity contribution is 5.35. The summed E-state index contributed by atoms with van der Waals surface area (Å²) in [5, 5.41) is 3.50. The maximum Gasteiger partial charge on any atom is 0.125 e. The van der Waals surface area contributed by atoms with Gasteiger partial charge in [0.25, 0.3) is 0 Å². The average Bonchev–Trinajstić information content (AvgIpc) is 2.31. The van der Waals surface area contributed by atoms with E-state index < -0.39 is 0 Å². The van der Waals surface area contributed by atoms with E-state index in [1.165, 1.54) is 0 Å². The number of hydrogen-bond acceptors (Lipinski definition) is 3. The number of ether oxygens (including phenoxy) is 2. The standard InChI is InChI=1S/C14H21NO2/c1-4-16-12-8-6-5-7-11(12)13-9-15-14(2,3)10-17-13/h5-8,13,15H,4,9-10H2,1-3H3. The van der Waals surface area contributed by atoms with Gasteiger partial charge in [-0.15, -0.1) is 0 Å². The van der Waals surface area contributed by atoms with Gasteiger partial charge in [0.05, 0.1) is 19.3 Å². The van der Waals surface area contributed by atoms with E-state index in [0.29, 0.717) is 6.61 Å². The molecule has 0 bridgehead atoms. The van der Waals surface area contributed by atoms with E-state index in [1.807, 2.05) is 25.1 Å². The Morgan fingerprint density at radius 1 is 1.41 bits per heavy atom. The molecule has 1 fully saturated rings. The van der Waals surface area contributed by atoms with E-state index in [-0.39, 0.29) is 11.6 Å². The maximum atomic E-state index is 5.92. The van der Waals surface area contributed by atoms with Crippen LogP contribution in [0.15, 0.2) is 24.3 Å². The van der Waals surface area contributed by atoms with Crippen molar-refractivity contribution in [1.82, 2.24) is 5.32 Å². The van der Waals surface area contributed by atoms with Crippen molar-refractivity contribution < 1.29 is 9.47 Å². The minimum absolute atomic E-state index is 0.0665. The Kier molecular flexibility index (Phi) is 3.69. The molecule has 3 nitrogen and oxygen atoms in total. The number of para-hydroxylation sites is 1. The average molecular weight is 235 g/mol. The quantitative estimate of drug-likeness (QED) is 0.873. The molecule has 0 radical (unpaired) electrons. The van der Waals surface area contributed by atoms with Crippen molar-refractivity contribution in [1.29, 1.82) is 0 Å². The first kappa shape index (κ1) is 12.4. The van der Waals surface area contributed by atoms with Crippen LogP contribution in [0.1, 0.15) is 32.4 Å². The summed E-state index contributed by atoms with van der Waals surface area (Å²) < 4.78 is 11.6. The molecule has 0 aromatic heterocycles. The van der Waals surface area contributed by atoms with Gasteiger partial charge in [-0.05, 0) is 26.8 Å². The zero-order chi connectivity index (χ0) is 12.3. The predicted octanol–water partition coefficient (Wildman–Crippen LogP) is 2.52. The molecule has 1 N–H and O–H groups in total. The molecule has 2 rings (SSSR count). The lowest BCUT2D eigenvalue weighted by Gasteiger charge is -2.36. The van der Waals surface area contributed by atoms with E-state index in [4.69, 9.17) is 9.47 Å². The number of morpholine rings is 1. The molecule has 1 aliphatic rings. The highest BCUT2D eigenvalue weighted by Gasteiger charge is 2.28. The van der Waals surface area contributed by atoms with Gasteiger partial charge >= 0.3 is 0 Å². The fraction of sp³-hybridized carbons (Fsp3) is 0.571. The predicted molar refractivity (Wildman–Crippen MR) is 68.4 cm³/mol. The first-order valence-electron chi connectivity index (χ1n) is 6.21. The first-order valence-corrected chi connectivity index (χ1v) is 6.21. The van der Waals surface area contributed by atoms with Crippen molar-refractivity contribution in [3.63, 3.8) is 0 Å². The van der Waals surface area contributed by atoms with Gasteiger partial charge in [-0.1, -0.05) is 18.2 Å². The summed E-state index contributed by atoms with van der Waals surface area (Å²) in [6.45, 7) is 8.53. The van der Waals surface area contributed by atoms with Crippen LogP contribution >= 0.6 is 0 Å². The molecule has 1 heterocycles. The van der Waals surface area contributed by atoms with Gasteiger partial charge in [-0.2, -0.15) is 0 Å². The Hall–Kier alpha value is -1.06. The Morgan fingerprint density at radius 3 is 2.82 bits per heavy atom. The van der Waals surface area contributed by atoms with Gasteiger partial charge in [0, 0.05) is 17.6 Å². The van der Waals surface area contributed by atoms with Gasteiger partial charge < -0.3 is 14.8 Å². The molecule has 1 aromatic carbocycles. The summed E-state index contributed by atoms with van der Waals surface area (Å²) in [7, 11) is 0. The second-order valence-corrected chi connectivity index (χ2v) is 5.04. The van der Waals surface area contributed by atoms with E-state index >= 15 is 0 Å². The minimum atomic E-state index is 0.0665. The van der Waals surface area contributed by atoms with Crippen LogP contribution in [0.25, 0.3) is 0 Å². The van der Waals surface area contributed by atoms with Gasteiger partial charge in [-0.3, -0.25) is 0 Å². The van der Waals surface area contributed by atoms with Crippen LogP contribution in [-0.2, 0) is 4.74 Å². The molecule has 94 valence electrons. The summed E-state index contributed by atoms with van der Waals surface area (Å²) in [6.07, 6.45) is 0.0887. The minimum Gasteiger partial charge on any atom is -0.493 e. The van der Waals surface area contributed by atoms with Gasteiger partial charge in [-0.25, -0.2) is 0 Å².